The van der Waals surface area contributed by atoms with Crippen molar-refractivity contribution >= 4 is 28.9 Å². The van der Waals surface area contributed by atoms with Crippen LogP contribution in [0.3, 0.4) is 0 Å². The van der Waals surface area contributed by atoms with Gasteiger partial charge in [0.25, 0.3) is 0 Å². The number of hydrogen-bond donors (Lipinski definition) is 0. The molecule has 0 aliphatic heterocycles. The van der Waals surface area contributed by atoms with Crippen LogP contribution in [-0.2, 0) is 14.3 Å². The van der Waals surface area contributed by atoms with E-state index in [1.54, 1.807) is 23.7 Å². The summed E-state index contributed by atoms with van der Waals surface area (Å²) >= 11 is 1.44. The fourth-order valence-corrected chi connectivity index (χ4v) is 3.63. The van der Waals surface area contributed by atoms with Crippen molar-refractivity contribution in [3.8, 4) is 10.6 Å². The summed E-state index contributed by atoms with van der Waals surface area (Å²) in [5.41, 5.74) is 3.88. The lowest BCUT2D eigenvalue weighted by Crippen LogP contribution is -2.28. The number of thiazole rings is 1. The molecule has 0 radical (unpaired) electrons. The maximum Gasteiger partial charge on any atom is 0.306 e. The van der Waals surface area contributed by atoms with E-state index in [2.05, 4.69) is 10.1 Å². The van der Waals surface area contributed by atoms with Crippen molar-refractivity contribution in [3.63, 3.8) is 0 Å². The van der Waals surface area contributed by atoms with Crippen molar-refractivity contribution in [3.05, 3.63) is 53.3 Å². The van der Waals surface area contributed by atoms with Crippen molar-refractivity contribution in [2.75, 3.05) is 19.1 Å². The zero-order valence-electron chi connectivity index (χ0n) is 19.9. The predicted molar refractivity (Wildman–Crippen MR) is 129 cm³/mol. The smallest absolute Gasteiger partial charge is 0.306 e. The molecule has 0 bridgehead atoms. The average Bonchev–Trinajstić information content (AvgIpc) is 3.50. The van der Waals surface area contributed by atoms with Gasteiger partial charge in [-0.05, 0) is 19.1 Å². The van der Waals surface area contributed by atoms with Crippen LogP contribution in [0.1, 0.15) is 57.7 Å². The third-order valence-corrected chi connectivity index (χ3v) is 5.35. The lowest BCUT2D eigenvalue weighted by Gasteiger charge is -2.20. The van der Waals surface area contributed by atoms with E-state index in [1.807, 2.05) is 65.0 Å². The fourth-order valence-electron chi connectivity index (χ4n) is 2.98. The molecule has 0 aliphatic carbocycles. The summed E-state index contributed by atoms with van der Waals surface area (Å²) < 4.78 is 10.3. The van der Waals surface area contributed by atoms with Crippen LogP contribution in [0.15, 0.2) is 46.6 Å². The van der Waals surface area contributed by atoms with Gasteiger partial charge in [0.1, 0.15) is 0 Å². The average molecular weight is 460 g/mol. The Morgan fingerprint density at radius 3 is 2.34 bits per heavy atom. The highest BCUT2D eigenvalue weighted by Crippen LogP contribution is 2.34. The van der Waals surface area contributed by atoms with Crippen LogP contribution in [0.2, 0.25) is 0 Å². The van der Waals surface area contributed by atoms with Gasteiger partial charge in [-0.3, -0.25) is 14.6 Å². The molecule has 1 unspecified atom stereocenters. The van der Waals surface area contributed by atoms with Gasteiger partial charge in [0.2, 0.25) is 5.91 Å². The summed E-state index contributed by atoms with van der Waals surface area (Å²) in [6, 6.07) is 9.34. The number of esters is 1. The first-order valence-electron chi connectivity index (χ1n) is 10.7. The molecule has 3 rings (SSSR count). The van der Waals surface area contributed by atoms with E-state index in [-0.39, 0.29) is 18.7 Å². The number of anilines is 1. The fraction of sp³-hybridized carbons (Fsp3) is 0.417. The van der Waals surface area contributed by atoms with E-state index in [4.69, 9.17) is 9.26 Å². The normalized spacial score (nSPS) is 10.7. The molecule has 2 aromatic heterocycles. The van der Waals surface area contributed by atoms with E-state index < -0.39 is 11.9 Å². The Balaban J connectivity index is 0.00000121. The minimum atomic E-state index is -0.448. The summed E-state index contributed by atoms with van der Waals surface area (Å²) in [5.74, 6) is -0.364. The van der Waals surface area contributed by atoms with Crippen LogP contribution in [-0.4, -0.2) is 36.2 Å². The third-order valence-electron chi connectivity index (χ3n) is 4.58. The van der Waals surface area contributed by atoms with Crippen LogP contribution in [0.5, 0.6) is 0 Å². The summed E-state index contributed by atoms with van der Waals surface area (Å²) in [7, 11) is 3.04. The van der Waals surface area contributed by atoms with Gasteiger partial charge < -0.3 is 14.2 Å². The molecule has 32 heavy (non-hydrogen) atoms. The van der Waals surface area contributed by atoms with Gasteiger partial charge >= 0.3 is 5.97 Å². The predicted octanol–water partition coefficient (Wildman–Crippen LogP) is 5.86. The second-order valence-electron chi connectivity index (χ2n) is 6.36. The summed E-state index contributed by atoms with van der Waals surface area (Å²) in [5, 5.41) is 4.17. The van der Waals surface area contributed by atoms with Crippen molar-refractivity contribution in [1.82, 2.24) is 10.1 Å². The molecule has 0 N–H and O–H groups in total. The van der Waals surface area contributed by atoms with E-state index in [0.717, 1.165) is 16.1 Å². The third kappa shape index (κ3) is 7.02. The molecule has 0 spiro atoms. The van der Waals surface area contributed by atoms with Crippen molar-refractivity contribution in [2.45, 2.75) is 53.4 Å². The minimum absolute atomic E-state index is 0.0420. The first kappa shape index (κ1) is 27.0. The monoisotopic (exact) mass is 459 g/mol. The molecule has 7 nitrogen and oxygen atoms in total. The van der Waals surface area contributed by atoms with Gasteiger partial charge in [0.15, 0.2) is 5.76 Å². The molecule has 2 heterocycles. The number of amides is 1. The standard InChI is InChI=1S/C20H21N3O4S.2C2H6/c1-13-19(22-27-20(13)16-11-21-12-28-16)14(10-18(25)26-3)9-17(24)23(2)15-7-5-4-6-8-15;2*1-2/h4-8,11-12,14H,9-10H2,1-3H3;2*1-2H3. The SMILES string of the molecule is CC.CC.COC(=O)CC(CC(=O)N(C)c1ccccc1)c1noc(-c2cncs2)c1C. The minimum Gasteiger partial charge on any atom is -0.469 e. The van der Waals surface area contributed by atoms with E-state index in [0.29, 0.717) is 11.5 Å². The second-order valence-corrected chi connectivity index (χ2v) is 7.24. The van der Waals surface area contributed by atoms with E-state index in [9.17, 15) is 9.59 Å². The lowest BCUT2D eigenvalue weighted by molar-refractivity contribution is -0.141. The molecule has 0 fully saturated rings. The van der Waals surface area contributed by atoms with Crippen molar-refractivity contribution in [2.24, 2.45) is 0 Å². The highest BCUT2D eigenvalue weighted by atomic mass is 32.1. The number of methoxy groups -OCH3 is 1. The molecule has 0 saturated heterocycles. The molecule has 1 atom stereocenters. The molecule has 174 valence electrons. The zero-order valence-corrected chi connectivity index (χ0v) is 20.7. The number of benzene rings is 1. The summed E-state index contributed by atoms with van der Waals surface area (Å²) in [4.78, 5) is 31.3. The number of para-hydroxylation sites is 1. The Hall–Kier alpha value is -3.00. The lowest BCUT2D eigenvalue weighted by atomic mass is 9.93. The Kier molecular flexibility index (Phi) is 11.9. The number of aromatic nitrogens is 2. The Labute approximate surface area is 194 Å². The molecular formula is C24H33N3O4S. The van der Waals surface area contributed by atoms with Gasteiger partial charge in [-0.2, -0.15) is 0 Å². The largest absolute Gasteiger partial charge is 0.469 e. The molecular weight excluding hydrogens is 426 g/mol. The highest BCUT2D eigenvalue weighted by Gasteiger charge is 2.28. The van der Waals surface area contributed by atoms with Crippen LogP contribution in [0, 0.1) is 6.92 Å². The molecule has 1 aromatic carbocycles. The second kappa shape index (κ2) is 14.1. The van der Waals surface area contributed by atoms with E-state index in [1.165, 1.54) is 18.4 Å². The molecule has 8 heteroatoms. The molecule has 1 amide bonds. The highest BCUT2D eigenvalue weighted by molar-refractivity contribution is 7.13. The number of carbonyl (C=O) groups is 2. The maximum atomic E-state index is 12.9. The number of hydrogen-bond acceptors (Lipinski definition) is 7. The van der Waals surface area contributed by atoms with Gasteiger partial charge in [0, 0.05) is 36.8 Å². The number of carbonyl (C=O) groups excluding carboxylic acids is 2. The topological polar surface area (TPSA) is 85.5 Å². The number of ether oxygens (including phenoxy) is 1. The van der Waals surface area contributed by atoms with Crippen LogP contribution in [0.4, 0.5) is 5.69 Å². The number of nitrogens with zero attached hydrogens (tertiary/aromatic N) is 3. The van der Waals surface area contributed by atoms with Crippen LogP contribution < -0.4 is 4.90 Å². The quantitative estimate of drug-likeness (QED) is 0.411. The van der Waals surface area contributed by atoms with Gasteiger partial charge in [-0.15, -0.1) is 11.3 Å². The Bertz CT molecular complexity index is 940. The summed E-state index contributed by atoms with van der Waals surface area (Å²) in [6.45, 7) is 9.87. The van der Waals surface area contributed by atoms with Crippen LogP contribution >= 0.6 is 11.3 Å². The summed E-state index contributed by atoms with van der Waals surface area (Å²) in [6.07, 6.45) is 1.85. The van der Waals surface area contributed by atoms with Crippen molar-refractivity contribution in [1.29, 1.82) is 0 Å². The Morgan fingerprint density at radius 2 is 1.78 bits per heavy atom. The van der Waals surface area contributed by atoms with Crippen molar-refractivity contribution < 1.29 is 18.8 Å². The number of rotatable bonds is 7. The molecule has 3 aromatic rings. The first-order chi connectivity index (χ1) is 15.5. The van der Waals surface area contributed by atoms with Gasteiger partial charge in [0.05, 0.1) is 29.6 Å². The van der Waals surface area contributed by atoms with Crippen LogP contribution in [0.25, 0.3) is 10.6 Å². The zero-order chi connectivity index (χ0) is 24.1. The Morgan fingerprint density at radius 1 is 1.12 bits per heavy atom. The molecule has 0 saturated carbocycles. The van der Waals surface area contributed by atoms with E-state index >= 15 is 0 Å². The van der Waals surface area contributed by atoms with Gasteiger partial charge in [-0.25, -0.2) is 0 Å². The molecule has 0 aliphatic rings. The first-order valence-corrected chi connectivity index (χ1v) is 11.6. The van der Waals surface area contributed by atoms with Gasteiger partial charge in [-0.1, -0.05) is 51.1 Å². The maximum absolute atomic E-state index is 12.9.